The molecule has 0 aliphatic carbocycles. The summed E-state index contributed by atoms with van der Waals surface area (Å²) in [5.41, 5.74) is 6.08. The summed E-state index contributed by atoms with van der Waals surface area (Å²) in [6, 6.07) is 4.83. The van der Waals surface area contributed by atoms with Gasteiger partial charge in [-0.05, 0) is 51.4 Å². The van der Waals surface area contributed by atoms with Crippen molar-refractivity contribution in [2.45, 2.75) is 103 Å². The molecular weight excluding hydrogens is 505 g/mol. The van der Waals surface area contributed by atoms with E-state index < -0.39 is 48.2 Å². The fourth-order valence-corrected chi connectivity index (χ4v) is 5.01. The van der Waals surface area contributed by atoms with Crippen LogP contribution in [0.5, 0.6) is 0 Å². The monoisotopic (exact) mass is 548 g/mol. The van der Waals surface area contributed by atoms with Gasteiger partial charge in [0.15, 0.2) is 0 Å². The van der Waals surface area contributed by atoms with Crippen molar-refractivity contribution in [3.05, 3.63) is 29.6 Å². The number of hydrogen-bond donors (Lipinski definition) is 2. The Hall–Kier alpha value is -1.11. The van der Waals surface area contributed by atoms with Crippen molar-refractivity contribution >= 4 is 30.5 Å². The van der Waals surface area contributed by atoms with E-state index in [-0.39, 0.29) is 18.6 Å². The van der Waals surface area contributed by atoms with E-state index in [1.807, 2.05) is 25.1 Å². The Morgan fingerprint density at radius 2 is 1.78 bits per heavy atom. The van der Waals surface area contributed by atoms with Gasteiger partial charge < -0.3 is 19.6 Å². The van der Waals surface area contributed by atoms with Gasteiger partial charge in [0.25, 0.3) is 0 Å². The molecule has 1 heterocycles. The molecule has 0 aliphatic rings. The van der Waals surface area contributed by atoms with Crippen LogP contribution in [0, 0.1) is 5.41 Å². The average molecular weight is 549 g/mol. The molecule has 0 radical (unpaired) electrons. The van der Waals surface area contributed by atoms with E-state index in [0.29, 0.717) is 17.6 Å². The zero-order chi connectivity index (χ0) is 27.6. The average Bonchev–Trinajstić information content (AvgIpc) is 3.10. The van der Waals surface area contributed by atoms with Gasteiger partial charge in [0.05, 0.1) is 16.4 Å². The number of benzene rings is 1. The van der Waals surface area contributed by atoms with Gasteiger partial charge in [0.1, 0.15) is 29.5 Å². The normalized spacial score (nSPS) is 17.0. The maximum Gasteiger partial charge on any atom is 0.246 e. The molecule has 4 atom stereocenters. The summed E-state index contributed by atoms with van der Waals surface area (Å²) in [6.07, 6.45) is -5.02. The predicted octanol–water partition coefficient (Wildman–Crippen LogP) is 6.09. The molecule has 0 saturated heterocycles. The summed E-state index contributed by atoms with van der Waals surface area (Å²) in [5.74, 6) is 0.165. The molecule has 3 N–H and O–H groups in total. The van der Waals surface area contributed by atoms with Crippen molar-refractivity contribution in [1.82, 2.24) is 14.3 Å². The highest BCUT2D eigenvalue weighted by Gasteiger charge is 2.48. The van der Waals surface area contributed by atoms with E-state index in [1.165, 1.54) is 13.8 Å². The maximum atomic E-state index is 16.0. The lowest BCUT2D eigenvalue weighted by Crippen LogP contribution is -2.49. The second-order valence-corrected chi connectivity index (χ2v) is 19.9. The van der Waals surface area contributed by atoms with Crippen LogP contribution in [0.15, 0.2) is 18.2 Å². The van der Waals surface area contributed by atoms with E-state index in [9.17, 15) is 13.3 Å². The molecule has 2 rings (SSSR count). The molecule has 206 valence electrons. The van der Waals surface area contributed by atoms with Crippen LogP contribution in [0.4, 0.5) is 13.2 Å². The largest absolute Gasteiger partial charge is 0.598 e. The number of ether oxygens (including phenoxy) is 1. The highest BCUT2D eigenvalue weighted by Crippen LogP contribution is 2.40. The summed E-state index contributed by atoms with van der Waals surface area (Å²) in [4.78, 5) is 4.67. The highest BCUT2D eigenvalue weighted by atomic mass is 32.2. The van der Waals surface area contributed by atoms with Crippen LogP contribution in [0.2, 0.25) is 25.7 Å². The van der Waals surface area contributed by atoms with Crippen molar-refractivity contribution in [2.24, 2.45) is 11.1 Å². The van der Waals surface area contributed by atoms with Gasteiger partial charge in [0, 0.05) is 32.1 Å². The van der Waals surface area contributed by atoms with Crippen molar-refractivity contribution in [1.29, 1.82) is 0 Å². The number of nitrogens with zero attached hydrogens (tertiary/aromatic N) is 2. The molecule has 2 unspecified atom stereocenters. The second kappa shape index (κ2) is 11.7. The fraction of sp³-hybridized carbons (Fsp3) is 0.720. The molecule has 1 aromatic heterocycles. The van der Waals surface area contributed by atoms with Crippen molar-refractivity contribution in [3.63, 3.8) is 0 Å². The quantitative estimate of drug-likeness (QED) is 0.190. The van der Waals surface area contributed by atoms with E-state index in [0.717, 1.165) is 11.6 Å². The zero-order valence-electron chi connectivity index (χ0n) is 23.0. The van der Waals surface area contributed by atoms with E-state index in [2.05, 4.69) is 29.3 Å². The number of nitrogens with two attached hydrogens (primary N) is 1. The third-order valence-electron chi connectivity index (χ3n) is 6.18. The van der Waals surface area contributed by atoms with Crippen LogP contribution in [-0.4, -0.2) is 46.1 Å². The number of rotatable bonds is 12. The number of aromatic nitrogens is 2. The van der Waals surface area contributed by atoms with E-state index >= 15 is 4.39 Å². The minimum Gasteiger partial charge on any atom is -0.598 e. The Labute approximate surface area is 217 Å². The van der Waals surface area contributed by atoms with Gasteiger partial charge >= 0.3 is 0 Å². The van der Waals surface area contributed by atoms with Crippen LogP contribution in [0.25, 0.3) is 11.0 Å². The third-order valence-corrected chi connectivity index (χ3v) is 9.46. The molecule has 6 nitrogen and oxygen atoms in total. The van der Waals surface area contributed by atoms with Crippen LogP contribution in [-0.2, 0) is 22.8 Å². The van der Waals surface area contributed by atoms with Gasteiger partial charge in [-0.2, -0.15) is 0 Å². The van der Waals surface area contributed by atoms with Crippen LogP contribution in [0.3, 0.4) is 0 Å². The lowest BCUT2D eigenvalue weighted by molar-refractivity contribution is -0.0462. The topological polar surface area (TPSA) is 88.2 Å². The Balaban J connectivity index is 2.63. The maximum absolute atomic E-state index is 16.0. The van der Waals surface area contributed by atoms with Gasteiger partial charge in [-0.25, -0.2) is 18.2 Å². The van der Waals surface area contributed by atoms with E-state index in [4.69, 9.17) is 10.5 Å². The molecule has 0 amide bonds. The zero-order valence-corrected chi connectivity index (χ0v) is 24.8. The third kappa shape index (κ3) is 7.70. The number of imidazole rings is 1. The molecule has 0 aliphatic heterocycles. The van der Waals surface area contributed by atoms with Crippen LogP contribution >= 0.6 is 0 Å². The summed E-state index contributed by atoms with van der Waals surface area (Å²) in [7, 11) is -1.35. The van der Waals surface area contributed by atoms with Crippen molar-refractivity contribution in [3.8, 4) is 0 Å². The lowest BCUT2D eigenvalue weighted by atomic mass is 9.84. The highest BCUT2D eigenvalue weighted by molar-refractivity contribution is 7.90. The molecule has 11 heteroatoms. The fourth-order valence-electron chi connectivity index (χ4n) is 3.44. The number of nitrogens with one attached hydrogen (secondary N) is 1. The molecule has 0 spiro atoms. The smallest absolute Gasteiger partial charge is 0.246 e. The minimum absolute atomic E-state index is 0.0655. The van der Waals surface area contributed by atoms with Gasteiger partial charge in [-0.15, -0.1) is 4.72 Å². The number of hydrogen-bond acceptors (Lipinski definition) is 5. The van der Waals surface area contributed by atoms with Crippen LogP contribution < -0.4 is 10.5 Å². The molecule has 36 heavy (non-hydrogen) atoms. The standard InChI is InChI=1S/C25H43F3N4O2SSi/c1-16(29)17-10-11-19-18(14-17)30-22(32(19)15-34-12-13-36(7,8)9)20(31-35(33)24(2,3)4)21(26)25(5,6)23(27)28/h10-11,14,16,20-21,23,31H,12-13,15,29H2,1-9H3/t16-,20+,21?,35?/m1/s1. The molecule has 0 saturated carbocycles. The first kappa shape index (κ1) is 31.1. The molecule has 0 fully saturated rings. The first-order chi connectivity index (χ1) is 16.4. The van der Waals surface area contributed by atoms with E-state index in [1.54, 1.807) is 25.3 Å². The predicted molar refractivity (Wildman–Crippen MR) is 145 cm³/mol. The van der Waals surface area contributed by atoms with Crippen LogP contribution in [0.1, 0.15) is 65.0 Å². The summed E-state index contributed by atoms with van der Waals surface area (Å²) in [5, 5.41) is 0. The molecule has 2 aromatic rings. The molecular formula is C25H43F3N4O2SSi. The number of alkyl halides is 3. The summed E-state index contributed by atoms with van der Waals surface area (Å²) >= 11 is -1.74. The van der Waals surface area contributed by atoms with Gasteiger partial charge in [0.2, 0.25) is 6.43 Å². The Kier molecular flexibility index (Phi) is 10.1. The summed E-state index contributed by atoms with van der Waals surface area (Å²) in [6.45, 7) is 16.7. The Morgan fingerprint density at radius 3 is 2.28 bits per heavy atom. The lowest BCUT2D eigenvalue weighted by Gasteiger charge is -2.35. The Bertz CT molecular complexity index is 1010. The summed E-state index contributed by atoms with van der Waals surface area (Å²) < 4.78 is 66.6. The first-order valence-corrected chi connectivity index (χ1v) is 17.2. The Morgan fingerprint density at radius 1 is 1.17 bits per heavy atom. The van der Waals surface area contributed by atoms with Gasteiger partial charge in [-0.3, -0.25) is 0 Å². The minimum atomic E-state index is -2.93. The second-order valence-electron chi connectivity index (χ2n) is 12.3. The molecule has 1 aromatic carbocycles. The first-order valence-electron chi connectivity index (χ1n) is 12.3. The SMILES string of the molecule is C[C@@H](N)c1ccc2c(c1)nc([C@@H](N[S+]([O-])C(C)(C)C)C(F)C(C)(C)C(F)F)n2COCC[Si](C)(C)C. The van der Waals surface area contributed by atoms with Gasteiger partial charge in [-0.1, -0.05) is 39.6 Å². The number of fused-ring (bicyclic) bond motifs is 1. The number of halogens is 3. The molecule has 0 bridgehead atoms. The van der Waals surface area contributed by atoms with Crippen molar-refractivity contribution in [2.75, 3.05) is 6.61 Å². The van der Waals surface area contributed by atoms with Crippen molar-refractivity contribution < 1.29 is 22.5 Å².